The Hall–Kier alpha value is -3.35. The Morgan fingerprint density at radius 2 is 1.95 bits per heavy atom. The number of aliphatic hydroxyl groups is 1. The number of carbonyl (C=O) groups is 1. The lowest BCUT2D eigenvalue weighted by Gasteiger charge is -2.42. The average molecular weight is 507 g/mol. The molecule has 7 heteroatoms. The molecule has 1 aliphatic heterocycles. The number of esters is 1. The molecule has 2 aromatic carbocycles. The summed E-state index contributed by atoms with van der Waals surface area (Å²) in [5.41, 5.74) is 1.95. The Labute approximate surface area is 216 Å². The first kappa shape index (κ1) is 25.3. The van der Waals surface area contributed by atoms with Gasteiger partial charge in [-0.1, -0.05) is 38.0 Å². The summed E-state index contributed by atoms with van der Waals surface area (Å²) in [4.78, 5) is 21.4. The van der Waals surface area contributed by atoms with Crippen LogP contribution >= 0.6 is 0 Å². The Morgan fingerprint density at radius 3 is 2.62 bits per heavy atom. The fourth-order valence-corrected chi connectivity index (χ4v) is 5.94. The molecule has 2 aliphatic rings. The summed E-state index contributed by atoms with van der Waals surface area (Å²) in [5.74, 6) is -0.241. The number of nitrogens with one attached hydrogen (secondary N) is 1. The molecule has 1 saturated carbocycles. The third-order valence-electron chi connectivity index (χ3n) is 7.84. The first-order chi connectivity index (χ1) is 17.8. The van der Waals surface area contributed by atoms with E-state index in [4.69, 9.17) is 9.47 Å². The number of hydrogen-bond donors (Lipinski definition) is 2. The van der Waals surface area contributed by atoms with E-state index in [9.17, 15) is 14.3 Å². The van der Waals surface area contributed by atoms with Crippen LogP contribution in [0.4, 0.5) is 4.39 Å². The molecule has 0 saturated heterocycles. The molecule has 2 heterocycles. The number of para-hydroxylation sites is 2. The van der Waals surface area contributed by atoms with Gasteiger partial charge >= 0.3 is 5.97 Å². The lowest BCUT2D eigenvalue weighted by Crippen LogP contribution is -2.46. The summed E-state index contributed by atoms with van der Waals surface area (Å²) in [5, 5.41) is 11.3. The highest BCUT2D eigenvalue weighted by atomic mass is 19.1. The fraction of sp³-hybridized carbons (Fsp3) is 0.467. The van der Waals surface area contributed by atoms with Gasteiger partial charge in [-0.2, -0.15) is 0 Å². The van der Waals surface area contributed by atoms with E-state index in [-0.39, 0.29) is 35.5 Å². The number of aromatic nitrogens is 2. The SMILES string of the molecule is CC(C)Oc1ccc(CCC2(C3CCCC3)CC(O)=C(C(C)c3nc4ccccc4[nH]3)C(=O)O2)cc1F. The topological polar surface area (TPSA) is 84.4 Å². The largest absolute Gasteiger partial charge is 0.512 e. The van der Waals surface area contributed by atoms with E-state index in [0.29, 0.717) is 18.7 Å². The van der Waals surface area contributed by atoms with Crippen molar-refractivity contribution in [2.75, 3.05) is 0 Å². The summed E-state index contributed by atoms with van der Waals surface area (Å²) >= 11 is 0. The monoisotopic (exact) mass is 506 g/mol. The van der Waals surface area contributed by atoms with E-state index in [1.807, 2.05) is 51.1 Å². The predicted molar refractivity (Wildman–Crippen MR) is 140 cm³/mol. The third kappa shape index (κ3) is 5.09. The van der Waals surface area contributed by atoms with Crippen molar-refractivity contribution in [3.8, 4) is 5.75 Å². The number of benzene rings is 2. The number of nitrogens with zero attached hydrogens (tertiary/aromatic N) is 1. The number of ether oxygens (including phenoxy) is 2. The Balaban J connectivity index is 1.40. The lowest BCUT2D eigenvalue weighted by atomic mass is 9.75. The maximum atomic E-state index is 14.6. The van der Waals surface area contributed by atoms with Crippen LogP contribution in [0.5, 0.6) is 5.75 Å². The molecule has 37 heavy (non-hydrogen) atoms. The Kier molecular flexibility index (Phi) is 6.97. The van der Waals surface area contributed by atoms with Gasteiger partial charge in [0.2, 0.25) is 0 Å². The highest BCUT2D eigenvalue weighted by molar-refractivity contribution is 5.92. The molecule has 0 amide bonds. The predicted octanol–water partition coefficient (Wildman–Crippen LogP) is 6.91. The molecule has 2 atom stereocenters. The van der Waals surface area contributed by atoms with Gasteiger partial charge in [0.05, 0.1) is 22.7 Å². The molecule has 5 rings (SSSR count). The number of cyclic esters (lactones) is 1. The van der Waals surface area contributed by atoms with Crippen LogP contribution in [0.15, 0.2) is 53.8 Å². The summed E-state index contributed by atoms with van der Waals surface area (Å²) in [6.07, 6.45) is 5.25. The van der Waals surface area contributed by atoms with Gasteiger partial charge in [-0.15, -0.1) is 0 Å². The normalized spacial score (nSPS) is 21.6. The van der Waals surface area contributed by atoms with E-state index in [1.54, 1.807) is 6.07 Å². The van der Waals surface area contributed by atoms with Crippen molar-refractivity contribution >= 4 is 17.0 Å². The molecule has 2 unspecified atom stereocenters. The minimum Gasteiger partial charge on any atom is -0.512 e. The van der Waals surface area contributed by atoms with Crippen LogP contribution in [0.2, 0.25) is 0 Å². The van der Waals surface area contributed by atoms with Gasteiger partial charge < -0.3 is 19.6 Å². The molecule has 1 fully saturated rings. The van der Waals surface area contributed by atoms with Gasteiger partial charge in [0.15, 0.2) is 11.6 Å². The van der Waals surface area contributed by atoms with Crippen molar-refractivity contribution in [2.45, 2.75) is 83.3 Å². The number of aliphatic hydroxyl groups excluding tert-OH is 1. The van der Waals surface area contributed by atoms with Gasteiger partial charge in [0.25, 0.3) is 0 Å². The van der Waals surface area contributed by atoms with E-state index in [2.05, 4.69) is 9.97 Å². The number of aromatic amines is 1. The molecule has 1 aliphatic carbocycles. The zero-order valence-electron chi connectivity index (χ0n) is 21.7. The second-order valence-electron chi connectivity index (χ2n) is 10.8. The van der Waals surface area contributed by atoms with Crippen LogP contribution in [0.1, 0.15) is 76.6 Å². The van der Waals surface area contributed by atoms with Crippen molar-refractivity contribution in [1.82, 2.24) is 9.97 Å². The molecule has 0 spiro atoms. The zero-order valence-corrected chi connectivity index (χ0v) is 21.7. The van der Waals surface area contributed by atoms with Crippen LogP contribution < -0.4 is 4.74 Å². The first-order valence-corrected chi connectivity index (χ1v) is 13.3. The second-order valence-corrected chi connectivity index (χ2v) is 10.8. The number of hydrogen-bond acceptors (Lipinski definition) is 5. The van der Waals surface area contributed by atoms with E-state index < -0.39 is 23.3 Å². The van der Waals surface area contributed by atoms with E-state index >= 15 is 0 Å². The number of aryl methyl sites for hydroxylation is 1. The maximum Gasteiger partial charge on any atom is 0.338 e. The molecule has 0 bridgehead atoms. The molecule has 2 N–H and O–H groups in total. The smallest absolute Gasteiger partial charge is 0.338 e. The van der Waals surface area contributed by atoms with Crippen molar-refractivity contribution in [1.29, 1.82) is 0 Å². The fourth-order valence-electron chi connectivity index (χ4n) is 5.94. The van der Waals surface area contributed by atoms with Gasteiger partial charge in [0.1, 0.15) is 17.2 Å². The summed E-state index contributed by atoms with van der Waals surface area (Å²) in [7, 11) is 0. The van der Waals surface area contributed by atoms with Crippen LogP contribution in [0.3, 0.4) is 0 Å². The molecule has 196 valence electrons. The first-order valence-electron chi connectivity index (χ1n) is 13.3. The minimum atomic E-state index is -0.807. The average Bonchev–Trinajstić information content (AvgIpc) is 3.54. The highest BCUT2D eigenvalue weighted by Gasteiger charge is 2.49. The molecular weight excluding hydrogens is 471 g/mol. The van der Waals surface area contributed by atoms with Gasteiger partial charge in [-0.3, -0.25) is 0 Å². The van der Waals surface area contributed by atoms with E-state index in [1.165, 1.54) is 6.07 Å². The zero-order chi connectivity index (χ0) is 26.2. The minimum absolute atomic E-state index is 0.0722. The van der Waals surface area contributed by atoms with Gasteiger partial charge in [-0.05, 0) is 75.3 Å². The number of imidazole rings is 1. The molecule has 6 nitrogen and oxygen atoms in total. The van der Waals surface area contributed by atoms with Crippen LogP contribution in [-0.2, 0) is 16.0 Å². The van der Waals surface area contributed by atoms with Crippen LogP contribution in [-0.4, -0.2) is 32.7 Å². The lowest BCUT2D eigenvalue weighted by molar-refractivity contribution is -0.167. The second kappa shape index (κ2) is 10.2. The number of halogens is 1. The van der Waals surface area contributed by atoms with Crippen LogP contribution in [0.25, 0.3) is 11.0 Å². The molecular formula is C30H35FN2O4. The number of H-pyrrole nitrogens is 1. The van der Waals surface area contributed by atoms with Gasteiger partial charge in [-0.25, -0.2) is 14.2 Å². The number of carbonyl (C=O) groups excluding carboxylic acids is 1. The van der Waals surface area contributed by atoms with Crippen molar-refractivity contribution in [3.05, 3.63) is 71.0 Å². The summed E-state index contributed by atoms with van der Waals surface area (Å²) in [6.45, 7) is 5.58. The Morgan fingerprint density at radius 1 is 1.19 bits per heavy atom. The van der Waals surface area contributed by atoms with Crippen molar-refractivity contribution in [2.24, 2.45) is 5.92 Å². The quantitative estimate of drug-likeness (QED) is 0.324. The van der Waals surface area contributed by atoms with Gasteiger partial charge in [0, 0.05) is 12.3 Å². The third-order valence-corrected chi connectivity index (χ3v) is 7.84. The van der Waals surface area contributed by atoms with E-state index in [0.717, 1.165) is 42.3 Å². The highest BCUT2D eigenvalue weighted by Crippen LogP contribution is 2.47. The summed E-state index contributed by atoms with van der Waals surface area (Å²) < 4.78 is 26.4. The maximum absolute atomic E-state index is 14.6. The molecule has 0 radical (unpaired) electrons. The standard InChI is InChI=1S/C30H35FN2O4/c1-18(2)36-26-13-12-20(16-22(26)31)14-15-30(21-8-4-5-9-21)17-25(34)27(29(35)37-30)19(3)28-32-23-10-6-7-11-24(23)33-28/h6-7,10-13,16,18-19,21,34H,4-5,8-9,14-15,17H2,1-3H3,(H,32,33). The number of rotatable bonds is 8. The Bertz CT molecular complexity index is 1290. The van der Waals surface area contributed by atoms with Crippen molar-refractivity contribution in [3.63, 3.8) is 0 Å². The molecule has 1 aromatic heterocycles. The molecule has 3 aromatic rings. The van der Waals surface area contributed by atoms with Crippen molar-refractivity contribution < 1.29 is 23.8 Å². The van der Waals surface area contributed by atoms with Crippen LogP contribution in [0, 0.1) is 11.7 Å². The number of fused-ring (bicyclic) bond motifs is 1. The summed E-state index contributed by atoms with van der Waals surface area (Å²) in [6, 6.07) is 12.7.